The molecule has 2 atom stereocenters. The lowest BCUT2D eigenvalue weighted by Gasteiger charge is -2.10. The molecule has 1 saturated carbocycles. The molecule has 1 rings (SSSR count). The lowest BCUT2D eigenvalue weighted by atomic mass is 10.1. The molecule has 0 amide bonds. The monoisotopic (exact) mass is 128 g/mol. The molecule has 0 bridgehead atoms. The third-order valence-electron chi connectivity index (χ3n) is 2.01. The van der Waals surface area contributed by atoms with Crippen molar-refractivity contribution >= 4 is 0 Å². The van der Waals surface area contributed by atoms with Gasteiger partial charge < -0.3 is 11.5 Å². The quantitative estimate of drug-likeness (QED) is 0.469. The molecule has 1 unspecified atom stereocenters. The zero-order chi connectivity index (χ0) is 6.69. The number of rotatable bonds is 0. The molecule has 54 valence electrons. The van der Waals surface area contributed by atoms with Gasteiger partial charge in [-0.05, 0) is 19.3 Å². The van der Waals surface area contributed by atoms with Crippen LogP contribution in [0.25, 0.3) is 0 Å². The van der Waals surface area contributed by atoms with E-state index < -0.39 is 0 Å². The number of hydrogen-bond acceptors (Lipinski definition) is 2. The summed E-state index contributed by atoms with van der Waals surface area (Å²) in [5, 5.41) is 0. The Bertz CT molecular complexity index is 73.0. The van der Waals surface area contributed by atoms with Gasteiger partial charge in [0.15, 0.2) is 0 Å². The Kier molecular flexibility index (Phi) is 2.49. The summed E-state index contributed by atoms with van der Waals surface area (Å²) in [5.41, 5.74) is 11.5. The Labute approximate surface area is 56.6 Å². The first-order valence-electron chi connectivity index (χ1n) is 3.80. The summed E-state index contributed by atoms with van der Waals surface area (Å²) in [4.78, 5) is 0. The zero-order valence-electron chi connectivity index (χ0n) is 5.84. The summed E-state index contributed by atoms with van der Waals surface area (Å²) < 4.78 is 0. The average Bonchev–Trinajstić information content (AvgIpc) is 1.93. The second kappa shape index (κ2) is 3.18. The van der Waals surface area contributed by atoms with Crippen molar-refractivity contribution < 1.29 is 0 Å². The first kappa shape index (κ1) is 7.03. The molecule has 9 heavy (non-hydrogen) atoms. The van der Waals surface area contributed by atoms with Crippen LogP contribution in [0.1, 0.15) is 32.1 Å². The maximum absolute atomic E-state index is 5.75. The second-order valence-corrected chi connectivity index (χ2v) is 3.04. The molecule has 0 saturated heterocycles. The van der Waals surface area contributed by atoms with E-state index in [1.807, 2.05) is 0 Å². The highest BCUT2D eigenvalue weighted by Gasteiger charge is 2.12. The first-order valence-corrected chi connectivity index (χ1v) is 3.80. The van der Waals surface area contributed by atoms with Crippen molar-refractivity contribution in [3.05, 3.63) is 0 Å². The minimum absolute atomic E-state index is 0.377. The highest BCUT2D eigenvalue weighted by atomic mass is 14.7. The molecule has 1 fully saturated rings. The normalized spacial score (nSPS) is 38.0. The molecule has 1 aliphatic carbocycles. The molecule has 2 nitrogen and oxygen atoms in total. The lowest BCUT2D eigenvalue weighted by molar-refractivity contribution is 0.531. The standard InChI is InChI=1S/C7H16N2/c8-6-3-1-2-4-7(9)5-6/h6-7H,1-5,8-9H2/t6-,7?/m0/s1. The van der Waals surface area contributed by atoms with Crippen LogP contribution in [-0.2, 0) is 0 Å². The molecular weight excluding hydrogens is 112 g/mol. The van der Waals surface area contributed by atoms with Crippen LogP contribution in [0.4, 0.5) is 0 Å². The summed E-state index contributed by atoms with van der Waals surface area (Å²) in [7, 11) is 0. The van der Waals surface area contributed by atoms with E-state index in [9.17, 15) is 0 Å². The largest absolute Gasteiger partial charge is 0.328 e. The molecular formula is C7H16N2. The number of nitrogens with two attached hydrogens (primary N) is 2. The lowest BCUT2D eigenvalue weighted by Crippen LogP contribution is -2.28. The summed E-state index contributed by atoms with van der Waals surface area (Å²) in [6.07, 6.45) is 5.92. The third-order valence-corrected chi connectivity index (χ3v) is 2.01. The SMILES string of the molecule is NC1CCCC[C@H](N)C1. The highest BCUT2D eigenvalue weighted by Crippen LogP contribution is 2.14. The smallest absolute Gasteiger partial charge is 0.00535 e. The topological polar surface area (TPSA) is 52.0 Å². The van der Waals surface area contributed by atoms with Gasteiger partial charge in [0.05, 0.1) is 0 Å². The summed E-state index contributed by atoms with van der Waals surface area (Å²) >= 11 is 0. The fourth-order valence-electron chi connectivity index (χ4n) is 1.44. The van der Waals surface area contributed by atoms with Crippen LogP contribution in [-0.4, -0.2) is 12.1 Å². The van der Waals surface area contributed by atoms with Gasteiger partial charge in [0.2, 0.25) is 0 Å². The summed E-state index contributed by atoms with van der Waals surface area (Å²) in [6.45, 7) is 0. The highest BCUT2D eigenvalue weighted by molar-refractivity contribution is 4.74. The Morgan fingerprint density at radius 1 is 0.889 bits per heavy atom. The molecule has 0 radical (unpaired) electrons. The van der Waals surface area contributed by atoms with E-state index in [1.54, 1.807) is 0 Å². The fourth-order valence-corrected chi connectivity index (χ4v) is 1.44. The predicted octanol–water partition coefficient (Wildman–Crippen LogP) is 0.605. The van der Waals surface area contributed by atoms with E-state index in [1.165, 1.54) is 25.7 Å². The van der Waals surface area contributed by atoms with Crippen LogP contribution in [0.15, 0.2) is 0 Å². The maximum atomic E-state index is 5.75. The molecule has 4 N–H and O–H groups in total. The molecule has 1 aliphatic rings. The van der Waals surface area contributed by atoms with Crippen molar-refractivity contribution in [3.8, 4) is 0 Å². The van der Waals surface area contributed by atoms with Crippen LogP contribution in [0.2, 0.25) is 0 Å². The molecule has 0 aliphatic heterocycles. The zero-order valence-corrected chi connectivity index (χ0v) is 5.84. The molecule has 0 aromatic rings. The third kappa shape index (κ3) is 2.33. The summed E-state index contributed by atoms with van der Waals surface area (Å²) in [6, 6.07) is 0.755. The minimum Gasteiger partial charge on any atom is -0.328 e. The van der Waals surface area contributed by atoms with Crippen LogP contribution < -0.4 is 11.5 Å². The van der Waals surface area contributed by atoms with Gasteiger partial charge in [-0.1, -0.05) is 12.8 Å². The van der Waals surface area contributed by atoms with Crippen molar-refractivity contribution in [1.82, 2.24) is 0 Å². The van der Waals surface area contributed by atoms with Crippen LogP contribution >= 0.6 is 0 Å². The molecule has 0 spiro atoms. The van der Waals surface area contributed by atoms with Crippen molar-refractivity contribution in [2.24, 2.45) is 11.5 Å². The van der Waals surface area contributed by atoms with Crippen molar-refractivity contribution in [3.63, 3.8) is 0 Å². The second-order valence-electron chi connectivity index (χ2n) is 3.04. The van der Waals surface area contributed by atoms with Crippen LogP contribution in [0.5, 0.6) is 0 Å². The Hall–Kier alpha value is -0.0800. The maximum Gasteiger partial charge on any atom is 0.00535 e. The van der Waals surface area contributed by atoms with Gasteiger partial charge in [0.1, 0.15) is 0 Å². The van der Waals surface area contributed by atoms with Crippen molar-refractivity contribution in [1.29, 1.82) is 0 Å². The van der Waals surface area contributed by atoms with E-state index in [0.717, 1.165) is 6.42 Å². The molecule has 0 aromatic carbocycles. The fraction of sp³-hybridized carbons (Fsp3) is 1.00. The van der Waals surface area contributed by atoms with E-state index in [2.05, 4.69) is 0 Å². The molecule has 0 aromatic heterocycles. The van der Waals surface area contributed by atoms with Gasteiger partial charge in [-0.25, -0.2) is 0 Å². The Balaban J connectivity index is 2.29. The predicted molar refractivity (Wildman–Crippen MR) is 39.0 cm³/mol. The number of hydrogen-bond donors (Lipinski definition) is 2. The van der Waals surface area contributed by atoms with Crippen molar-refractivity contribution in [2.75, 3.05) is 0 Å². The van der Waals surface area contributed by atoms with Gasteiger partial charge in [-0.2, -0.15) is 0 Å². The Morgan fingerprint density at radius 3 is 1.78 bits per heavy atom. The van der Waals surface area contributed by atoms with E-state index in [4.69, 9.17) is 11.5 Å². The van der Waals surface area contributed by atoms with Gasteiger partial charge >= 0.3 is 0 Å². The average molecular weight is 128 g/mol. The van der Waals surface area contributed by atoms with Gasteiger partial charge in [-0.15, -0.1) is 0 Å². The Morgan fingerprint density at radius 2 is 1.33 bits per heavy atom. The van der Waals surface area contributed by atoms with Crippen LogP contribution in [0.3, 0.4) is 0 Å². The van der Waals surface area contributed by atoms with Crippen molar-refractivity contribution in [2.45, 2.75) is 44.2 Å². The van der Waals surface area contributed by atoms with Gasteiger partial charge in [0.25, 0.3) is 0 Å². The molecule has 2 heteroatoms. The van der Waals surface area contributed by atoms with Crippen LogP contribution in [0, 0.1) is 0 Å². The van der Waals surface area contributed by atoms with E-state index in [0.29, 0.717) is 12.1 Å². The van der Waals surface area contributed by atoms with Gasteiger partial charge in [0, 0.05) is 12.1 Å². The summed E-state index contributed by atoms with van der Waals surface area (Å²) in [5.74, 6) is 0. The van der Waals surface area contributed by atoms with E-state index in [-0.39, 0.29) is 0 Å². The molecule has 0 heterocycles. The first-order chi connectivity index (χ1) is 4.29. The van der Waals surface area contributed by atoms with E-state index >= 15 is 0 Å². The van der Waals surface area contributed by atoms with Gasteiger partial charge in [-0.3, -0.25) is 0 Å². The minimum atomic E-state index is 0.377.